The number of benzene rings is 1. The van der Waals surface area contributed by atoms with Crippen molar-refractivity contribution in [1.29, 1.82) is 0 Å². The second-order valence-electron chi connectivity index (χ2n) is 6.86. The first kappa shape index (κ1) is 14.6. The number of fused-ring (bicyclic) bond motifs is 1. The maximum Gasteiger partial charge on any atom is 0.137 e. The average Bonchev–Trinajstić information content (AvgIpc) is 2.91. The molecule has 1 aromatic heterocycles. The molecule has 2 heteroatoms. The predicted octanol–water partition coefficient (Wildman–Crippen LogP) is 5.01. The third kappa shape index (κ3) is 3.16. The summed E-state index contributed by atoms with van der Waals surface area (Å²) in [6, 6.07) is 9.26. The van der Waals surface area contributed by atoms with Crippen molar-refractivity contribution in [3.63, 3.8) is 0 Å². The molecule has 2 aromatic rings. The highest BCUT2D eigenvalue weighted by Gasteiger charge is 2.29. The molecule has 0 spiro atoms. The van der Waals surface area contributed by atoms with E-state index in [0.29, 0.717) is 17.9 Å². The van der Waals surface area contributed by atoms with Crippen LogP contribution in [0.5, 0.6) is 0 Å². The Hall–Kier alpha value is -1.28. The molecule has 2 atom stereocenters. The average molecular weight is 285 g/mol. The van der Waals surface area contributed by atoms with E-state index in [1.165, 1.54) is 42.4 Å². The molecule has 1 aliphatic rings. The first-order valence-corrected chi connectivity index (χ1v) is 8.37. The maximum absolute atomic E-state index is 6.25. The van der Waals surface area contributed by atoms with Crippen molar-refractivity contribution in [2.45, 2.75) is 58.4 Å². The van der Waals surface area contributed by atoms with Crippen molar-refractivity contribution in [2.75, 3.05) is 6.54 Å². The van der Waals surface area contributed by atoms with E-state index in [9.17, 15) is 0 Å². The number of aryl methyl sites for hydroxylation is 1. The van der Waals surface area contributed by atoms with E-state index in [2.05, 4.69) is 50.4 Å². The number of nitrogens with one attached hydrogen (secondary N) is 1. The quantitative estimate of drug-likeness (QED) is 0.854. The lowest BCUT2D eigenvalue weighted by atomic mass is 9.77. The minimum absolute atomic E-state index is 0.561. The lowest BCUT2D eigenvalue weighted by molar-refractivity contribution is 0.263. The number of hydrogen-bond acceptors (Lipinski definition) is 2. The molecule has 1 aromatic carbocycles. The van der Waals surface area contributed by atoms with Gasteiger partial charge in [-0.3, -0.25) is 0 Å². The minimum Gasteiger partial charge on any atom is -0.460 e. The van der Waals surface area contributed by atoms with Crippen molar-refractivity contribution in [3.8, 4) is 0 Å². The van der Waals surface area contributed by atoms with Crippen molar-refractivity contribution < 1.29 is 4.42 Å². The SMILES string of the molecule is Cc1cccc2cc(C3CCCCC3CNC(C)C)oc12. The summed E-state index contributed by atoms with van der Waals surface area (Å²) in [5, 5.41) is 4.87. The highest BCUT2D eigenvalue weighted by Crippen LogP contribution is 2.40. The monoisotopic (exact) mass is 285 g/mol. The van der Waals surface area contributed by atoms with Gasteiger partial charge in [0.2, 0.25) is 0 Å². The van der Waals surface area contributed by atoms with Gasteiger partial charge in [0.05, 0.1) is 0 Å². The summed E-state index contributed by atoms with van der Waals surface area (Å²) in [5.74, 6) is 2.49. The fourth-order valence-electron chi connectivity index (χ4n) is 3.63. The molecule has 1 fully saturated rings. The third-order valence-corrected chi connectivity index (χ3v) is 4.82. The molecule has 1 N–H and O–H groups in total. The minimum atomic E-state index is 0.561. The van der Waals surface area contributed by atoms with Crippen LogP contribution in [-0.4, -0.2) is 12.6 Å². The Morgan fingerprint density at radius 2 is 2.05 bits per heavy atom. The van der Waals surface area contributed by atoms with Gasteiger partial charge in [0.1, 0.15) is 11.3 Å². The highest BCUT2D eigenvalue weighted by atomic mass is 16.3. The standard InChI is InChI=1S/C19H27NO/c1-13(2)20-12-16-8-4-5-10-17(16)18-11-15-9-6-7-14(3)19(15)21-18/h6-7,9,11,13,16-17,20H,4-5,8,10,12H2,1-3H3. The normalized spacial score (nSPS) is 23.0. The summed E-state index contributed by atoms with van der Waals surface area (Å²) in [5.41, 5.74) is 2.32. The van der Waals surface area contributed by atoms with Crippen LogP contribution in [0.2, 0.25) is 0 Å². The van der Waals surface area contributed by atoms with Crippen molar-refractivity contribution >= 4 is 11.0 Å². The lowest BCUT2D eigenvalue weighted by Gasteiger charge is -2.31. The molecule has 114 valence electrons. The van der Waals surface area contributed by atoms with E-state index < -0.39 is 0 Å². The van der Waals surface area contributed by atoms with E-state index in [-0.39, 0.29) is 0 Å². The number of para-hydroxylation sites is 1. The summed E-state index contributed by atoms with van der Waals surface area (Å²) in [6.45, 7) is 7.69. The fourth-order valence-corrected chi connectivity index (χ4v) is 3.63. The highest BCUT2D eigenvalue weighted by molar-refractivity contribution is 5.81. The third-order valence-electron chi connectivity index (χ3n) is 4.82. The Bertz CT molecular complexity index is 599. The van der Waals surface area contributed by atoms with Crippen molar-refractivity contribution in [3.05, 3.63) is 35.6 Å². The molecule has 2 unspecified atom stereocenters. The first-order chi connectivity index (χ1) is 10.1. The van der Waals surface area contributed by atoms with Gasteiger partial charge in [0.25, 0.3) is 0 Å². The van der Waals surface area contributed by atoms with Gasteiger partial charge in [-0.15, -0.1) is 0 Å². The molecule has 3 rings (SSSR count). The Kier molecular flexibility index (Phi) is 4.34. The predicted molar refractivity (Wildman–Crippen MR) is 88.8 cm³/mol. The summed E-state index contributed by atoms with van der Waals surface area (Å²) >= 11 is 0. The molecule has 2 nitrogen and oxygen atoms in total. The van der Waals surface area contributed by atoms with Crippen LogP contribution >= 0.6 is 0 Å². The molecule has 1 heterocycles. The second-order valence-corrected chi connectivity index (χ2v) is 6.86. The Labute approximate surface area is 127 Å². The zero-order valence-corrected chi connectivity index (χ0v) is 13.5. The van der Waals surface area contributed by atoms with Crippen LogP contribution in [0.4, 0.5) is 0 Å². The largest absolute Gasteiger partial charge is 0.460 e. The Morgan fingerprint density at radius 3 is 2.81 bits per heavy atom. The molecule has 0 radical (unpaired) electrons. The van der Waals surface area contributed by atoms with Crippen LogP contribution < -0.4 is 5.32 Å². The smallest absolute Gasteiger partial charge is 0.137 e. The van der Waals surface area contributed by atoms with Crippen LogP contribution in [0.1, 0.15) is 56.8 Å². The number of furan rings is 1. The summed E-state index contributed by atoms with van der Waals surface area (Å²) in [7, 11) is 0. The van der Waals surface area contributed by atoms with Crippen LogP contribution in [0.15, 0.2) is 28.7 Å². The van der Waals surface area contributed by atoms with E-state index in [4.69, 9.17) is 4.42 Å². The first-order valence-electron chi connectivity index (χ1n) is 8.37. The van der Waals surface area contributed by atoms with Crippen molar-refractivity contribution in [1.82, 2.24) is 5.32 Å². The van der Waals surface area contributed by atoms with E-state index in [1.54, 1.807) is 0 Å². The molecule has 0 amide bonds. The van der Waals surface area contributed by atoms with E-state index >= 15 is 0 Å². The molecule has 1 saturated carbocycles. The molecule has 21 heavy (non-hydrogen) atoms. The summed E-state index contributed by atoms with van der Waals surface area (Å²) in [4.78, 5) is 0. The van der Waals surface area contributed by atoms with Crippen LogP contribution in [0.3, 0.4) is 0 Å². The van der Waals surface area contributed by atoms with Gasteiger partial charge < -0.3 is 9.73 Å². The Morgan fingerprint density at radius 1 is 1.24 bits per heavy atom. The number of hydrogen-bond donors (Lipinski definition) is 1. The van der Waals surface area contributed by atoms with Gasteiger partial charge in [-0.05, 0) is 43.9 Å². The molecule has 0 aliphatic heterocycles. The van der Waals surface area contributed by atoms with Gasteiger partial charge >= 0.3 is 0 Å². The van der Waals surface area contributed by atoms with Gasteiger partial charge in [-0.25, -0.2) is 0 Å². The Balaban J connectivity index is 1.85. The maximum atomic E-state index is 6.25. The zero-order chi connectivity index (χ0) is 14.8. The topological polar surface area (TPSA) is 25.2 Å². The molecule has 0 bridgehead atoms. The summed E-state index contributed by atoms with van der Waals surface area (Å²) in [6.07, 6.45) is 5.28. The fraction of sp³-hybridized carbons (Fsp3) is 0.579. The van der Waals surface area contributed by atoms with E-state index in [1.807, 2.05) is 0 Å². The number of rotatable bonds is 4. The lowest BCUT2D eigenvalue weighted by Crippen LogP contribution is -2.33. The van der Waals surface area contributed by atoms with Crippen LogP contribution in [0, 0.1) is 12.8 Å². The van der Waals surface area contributed by atoms with E-state index in [0.717, 1.165) is 12.1 Å². The zero-order valence-electron chi connectivity index (χ0n) is 13.5. The van der Waals surface area contributed by atoms with Gasteiger partial charge in [-0.1, -0.05) is 44.9 Å². The van der Waals surface area contributed by atoms with Crippen LogP contribution in [0.25, 0.3) is 11.0 Å². The van der Waals surface area contributed by atoms with Crippen molar-refractivity contribution in [2.24, 2.45) is 5.92 Å². The summed E-state index contributed by atoms with van der Waals surface area (Å²) < 4.78 is 6.25. The molecule has 0 saturated heterocycles. The van der Waals surface area contributed by atoms with Gasteiger partial charge in [-0.2, -0.15) is 0 Å². The molecular weight excluding hydrogens is 258 g/mol. The molecule has 1 aliphatic carbocycles. The van der Waals surface area contributed by atoms with Crippen LogP contribution in [-0.2, 0) is 0 Å². The molecular formula is C19H27NO. The van der Waals surface area contributed by atoms with Gasteiger partial charge in [0, 0.05) is 17.3 Å². The second kappa shape index (κ2) is 6.23. The van der Waals surface area contributed by atoms with Gasteiger partial charge in [0.15, 0.2) is 0 Å².